The van der Waals surface area contributed by atoms with Gasteiger partial charge in [0.05, 0.1) is 11.4 Å². The lowest BCUT2D eigenvalue weighted by Crippen LogP contribution is -1.97. The van der Waals surface area contributed by atoms with Gasteiger partial charge in [0.2, 0.25) is 5.88 Å². The molecule has 3 nitrogen and oxygen atoms in total. The van der Waals surface area contributed by atoms with Crippen molar-refractivity contribution in [1.82, 2.24) is 9.78 Å². The summed E-state index contributed by atoms with van der Waals surface area (Å²) >= 11 is 0. The van der Waals surface area contributed by atoms with Gasteiger partial charge in [-0.15, -0.1) is 0 Å². The first-order valence-corrected chi connectivity index (χ1v) is 5.47. The Morgan fingerprint density at radius 1 is 1.19 bits per heavy atom. The maximum Gasteiger partial charge on any atom is 0.214 e. The van der Waals surface area contributed by atoms with Gasteiger partial charge in [-0.05, 0) is 43.5 Å². The molecule has 0 bridgehead atoms. The van der Waals surface area contributed by atoms with Crippen LogP contribution in [0.1, 0.15) is 23.7 Å². The van der Waals surface area contributed by atoms with E-state index in [0.717, 1.165) is 17.8 Å². The lowest BCUT2D eigenvalue weighted by atomic mass is 10.1. The summed E-state index contributed by atoms with van der Waals surface area (Å²) in [6.07, 6.45) is 0.825. The molecule has 0 radical (unpaired) electrons. The largest absolute Gasteiger partial charge is 0.493 e. The fourth-order valence-corrected chi connectivity index (χ4v) is 1.64. The van der Waals surface area contributed by atoms with E-state index in [0.29, 0.717) is 0 Å². The van der Waals surface area contributed by atoms with Gasteiger partial charge in [0, 0.05) is 6.07 Å². The van der Waals surface area contributed by atoms with Crippen molar-refractivity contribution < 1.29 is 5.11 Å². The third-order valence-corrected chi connectivity index (χ3v) is 2.84. The van der Waals surface area contributed by atoms with Crippen molar-refractivity contribution >= 4 is 0 Å². The topological polar surface area (TPSA) is 38.0 Å². The minimum absolute atomic E-state index is 0.195. The molecule has 84 valence electrons. The summed E-state index contributed by atoms with van der Waals surface area (Å²) in [5.74, 6) is 0.195. The minimum atomic E-state index is 0.195. The molecule has 0 fully saturated rings. The number of aromatic hydroxyl groups is 1. The molecule has 0 aliphatic heterocycles. The van der Waals surface area contributed by atoms with Crippen molar-refractivity contribution in [3.8, 4) is 11.6 Å². The number of hydrogen-bond donors (Lipinski definition) is 1. The molecule has 0 amide bonds. The van der Waals surface area contributed by atoms with Crippen LogP contribution >= 0.6 is 0 Å². The van der Waals surface area contributed by atoms with Crippen LogP contribution in [-0.2, 0) is 6.42 Å². The summed E-state index contributed by atoms with van der Waals surface area (Å²) < 4.78 is 1.57. The molecule has 2 rings (SSSR count). The molecule has 1 aromatic carbocycles. The Kier molecular flexibility index (Phi) is 2.69. The predicted octanol–water partition coefficient (Wildman–Crippen LogP) is 2.76. The molecule has 0 spiro atoms. The normalized spacial score (nSPS) is 10.7. The molecule has 1 N–H and O–H groups in total. The van der Waals surface area contributed by atoms with Gasteiger partial charge < -0.3 is 5.11 Å². The van der Waals surface area contributed by atoms with Crippen LogP contribution in [0.3, 0.4) is 0 Å². The number of nitrogens with zero attached hydrogens (tertiary/aromatic N) is 2. The van der Waals surface area contributed by atoms with Gasteiger partial charge in [-0.1, -0.05) is 13.0 Å². The summed E-state index contributed by atoms with van der Waals surface area (Å²) in [7, 11) is 0. The van der Waals surface area contributed by atoms with Gasteiger partial charge in [-0.25, -0.2) is 4.68 Å². The number of aromatic nitrogens is 2. The van der Waals surface area contributed by atoms with Gasteiger partial charge in [0.15, 0.2) is 0 Å². The highest BCUT2D eigenvalue weighted by Gasteiger charge is 2.07. The Morgan fingerprint density at radius 2 is 1.94 bits per heavy atom. The Bertz CT molecular complexity index is 515. The molecule has 2 aromatic rings. The van der Waals surface area contributed by atoms with Crippen LogP contribution in [0.5, 0.6) is 5.88 Å². The van der Waals surface area contributed by atoms with Crippen molar-refractivity contribution in [2.75, 3.05) is 0 Å². The second-order valence-corrected chi connectivity index (χ2v) is 4.03. The highest BCUT2D eigenvalue weighted by molar-refractivity contribution is 5.41. The molecule has 0 aliphatic rings. The molecule has 0 unspecified atom stereocenters. The van der Waals surface area contributed by atoms with Crippen LogP contribution in [0.25, 0.3) is 5.69 Å². The van der Waals surface area contributed by atoms with Gasteiger partial charge in [-0.3, -0.25) is 0 Å². The SMILES string of the molecule is CCc1cc(O)n(-c2ccc(C)c(C)c2)n1. The van der Waals surface area contributed by atoms with Crippen molar-refractivity contribution in [2.45, 2.75) is 27.2 Å². The molecule has 0 atom stereocenters. The summed E-state index contributed by atoms with van der Waals surface area (Å²) in [5.41, 5.74) is 4.24. The Balaban J connectivity index is 2.49. The van der Waals surface area contributed by atoms with E-state index in [-0.39, 0.29) is 5.88 Å². The zero-order valence-corrected chi connectivity index (χ0v) is 9.86. The van der Waals surface area contributed by atoms with Crippen molar-refractivity contribution in [1.29, 1.82) is 0 Å². The first kappa shape index (κ1) is 10.7. The van der Waals surface area contributed by atoms with Crippen LogP contribution < -0.4 is 0 Å². The minimum Gasteiger partial charge on any atom is -0.493 e. The van der Waals surface area contributed by atoms with Crippen molar-refractivity contribution in [2.24, 2.45) is 0 Å². The van der Waals surface area contributed by atoms with Gasteiger partial charge in [-0.2, -0.15) is 5.10 Å². The highest BCUT2D eigenvalue weighted by atomic mass is 16.3. The van der Waals surface area contributed by atoms with E-state index >= 15 is 0 Å². The molecule has 1 heterocycles. The van der Waals surface area contributed by atoms with E-state index in [1.165, 1.54) is 11.1 Å². The van der Waals surface area contributed by atoms with E-state index in [2.05, 4.69) is 18.9 Å². The smallest absolute Gasteiger partial charge is 0.214 e. The molecule has 1 aromatic heterocycles. The molecule has 0 saturated heterocycles. The third kappa shape index (κ3) is 1.81. The van der Waals surface area contributed by atoms with E-state index in [1.807, 2.05) is 25.1 Å². The maximum atomic E-state index is 9.78. The quantitative estimate of drug-likeness (QED) is 0.838. The zero-order valence-electron chi connectivity index (χ0n) is 9.86. The summed E-state index contributed by atoms with van der Waals surface area (Å²) in [4.78, 5) is 0. The lowest BCUT2D eigenvalue weighted by molar-refractivity contribution is 0.433. The monoisotopic (exact) mass is 216 g/mol. The van der Waals surface area contributed by atoms with E-state index in [4.69, 9.17) is 0 Å². The highest BCUT2D eigenvalue weighted by Crippen LogP contribution is 2.20. The number of benzene rings is 1. The molecular weight excluding hydrogens is 200 g/mol. The van der Waals surface area contributed by atoms with Crippen LogP contribution in [0.15, 0.2) is 24.3 Å². The molecule has 0 aliphatic carbocycles. The Labute approximate surface area is 95.3 Å². The summed E-state index contributed by atoms with van der Waals surface area (Å²) in [5, 5.41) is 14.1. The third-order valence-electron chi connectivity index (χ3n) is 2.84. The van der Waals surface area contributed by atoms with E-state index in [9.17, 15) is 5.11 Å². The number of rotatable bonds is 2. The van der Waals surface area contributed by atoms with Gasteiger partial charge in [0.1, 0.15) is 0 Å². The lowest BCUT2D eigenvalue weighted by Gasteiger charge is -2.06. The predicted molar refractivity (Wildman–Crippen MR) is 64.1 cm³/mol. The average Bonchev–Trinajstić information content (AvgIpc) is 2.64. The second-order valence-electron chi connectivity index (χ2n) is 4.03. The molecule has 0 saturated carbocycles. The first-order chi connectivity index (χ1) is 7.61. The number of aryl methyl sites for hydroxylation is 3. The fourth-order valence-electron chi connectivity index (χ4n) is 1.64. The first-order valence-electron chi connectivity index (χ1n) is 5.47. The van der Waals surface area contributed by atoms with Crippen LogP contribution in [0.4, 0.5) is 0 Å². The summed E-state index contributed by atoms with van der Waals surface area (Å²) in [6.45, 7) is 6.14. The number of hydrogen-bond acceptors (Lipinski definition) is 2. The average molecular weight is 216 g/mol. The van der Waals surface area contributed by atoms with E-state index in [1.54, 1.807) is 10.7 Å². The van der Waals surface area contributed by atoms with Crippen LogP contribution in [0.2, 0.25) is 0 Å². The molecule has 16 heavy (non-hydrogen) atoms. The Hall–Kier alpha value is -1.77. The molecule has 3 heteroatoms. The van der Waals surface area contributed by atoms with Crippen LogP contribution in [-0.4, -0.2) is 14.9 Å². The van der Waals surface area contributed by atoms with Crippen LogP contribution in [0, 0.1) is 13.8 Å². The Morgan fingerprint density at radius 3 is 2.50 bits per heavy atom. The van der Waals surface area contributed by atoms with Gasteiger partial charge >= 0.3 is 0 Å². The molecular formula is C13H16N2O. The van der Waals surface area contributed by atoms with Gasteiger partial charge in [0.25, 0.3) is 0 Å². The van der Waals surface area contributed by atoms with Crippen molar-refractivity contribution in [3.05, 3.63) is 41.1 Å². The summed E-state index contributed by atoms with van der Waals surface area (Å²) in [6, 6.07) is 7.74. The maximum absolute atomic E-state index is 9.78. The fraction of sp³-hybridized carbons (Fsp3) is 0.308. The standard InChI is InChI=1S/C13H16N2O/c1-4-11-8-13(16)15(14-11)12-6-5-9(2)10(3)7-12/h5-8,16H,4H2,1-3H3. The van der Waals surface area contributed by atoms with Crippen molar-refractivity contribution in [3.63, 3.8) is 0 Å². The zero-order chi connectivity index (χ0) is 11.7. The van der Waals surface area contributed by atoms with E-state index < -0.39 is 0 Å². The second kappa shape index (κ2) is 4.00.